The van der Waals surface area contributed by atoms with E-state index in [1.165, 1.54) is 0 Å². The quantitative estimate of drug-likeness (QED) is 0.591. The minimum Gasteiger partial charge on any atom is -0.504 e. The molecule has 0 aliphatic rings. The van der Waals surface area contributed by atoms with Gasteiger partial charge in [-0.2, -0.15) is 0 Å². The zero-order valence-corrected chi connectivity index (χ0v) is 5.96. The predicted molar refractivity (Wildman–Crippen MR) is 39.7 cm³/mol. The average Bonchev–Trinajstić information content (AvgIpc) is 1.97. The van der Waals surface area contributed by atoms with E-state index in [9.17, 15) is 8.78 Å². The van der Waals surface area contributed by atoms with Gasteiger partial charge in [-0.1, -0.05) is 0 Å². The first-order chi connectivity index (χ1) is 5.54. The van der Waals surface area contributed by atoms with Crippen LogP contribution in [0.1, 0.15) is 12.0 Å². The molecular weight excluding hydrogens is 168 g/mol. The molecule has 0 spiro atoms. The summed E-state index contributed by atoms with van der Waals surface area (Å²) in [5, 5.41) is 9.00. The van der Waals surface area contributed by atoms with Gasteiger partial charge in [-0.05, 0) is 0 Å². The number of nitrogens with two attached hydrogens (primary N) is 2. The molecule has 0 fully saturated rings. The maximum Gasteiger partial charge on any atom is 0.269 e. The second-order valence-electron chi connectivity index (χ2n) is 2.16. The fourth-order valence-electron chi connectivity index (χ4n) is 0.774. The van der Waals surface area contributed by atoms with Gasteiger partial charge in [-0.3, -0.25) is 0 Å². The molecule has 0 saturated carbocycles. The number of hydrogen-bond acceptors (Lipinski definition) is 4. The maximum absolute atomic E-state index is 12.1. The number of anilines is 2. The molecule has 1 aromatic rings. The van der Waals surface area contributed by atoms with Gasteiger partial charge in [0.25, 0.3) is 6.43 Å². The zero-order chi connectivity index (χ0) is 9.30. The van der Waals surface area contributed by atoms with E-state index in [0.29, 0.717) is 0 Å². The van der Waals surface area contributed by atoms with Crippen molar-refractivity contribution in [2.45, 2.75) is 6.43 Å². The molecule has 12 heavy (non-hydrogen) atoms. The van der Waals surface area contributed by atoms with Crippen molar-refractivity contribution in [3.63, 3.8) is 0 Å². The summed E-state index contributed by atoms with van der Waals surface area (Å²) in [4.78, 5) is 3.39. The van der Waals surface area contributed by atoms with E-state index in [1.54, 1.807) is 0 Å². The Morgan fingerprint density at radius 2 is 2.00 bits per heavy atom. The highest BCUT2D eigenvalue weighted by atomic mass is 19.3. The Kier molecular flexibility index (Phi) is 1.99. The summed E-state index contributed by atoms with van der Waals surface area (Å²) >= 11 is 0. The number of aromatic nitrogens is 1. The maximum atomic E-state index is 12.1. The Morgan fingerprint density at radius 3 is 2.42 bits per heavy atom. The summed E-state index contributed by atoms with van der Waals surface area (Å²) in [6.07, 6.45) is -1.87. The normalized spacial score (nSPS) is 10.6. The van der Waals surface area contributed by atoms with Crippen molar-refractivity contribution in [1.29, 1.82) is 0 Å². The highest BCUT2D eigenvalue weighted by Gasteiger charge is 2.18. The molecule has 0 saturated heterocycles. The van der Waals surface area contributed by atoms with E-state index in [4.69, 9.17) is 16.6 Å². The first-order valence-electron chi connectivity index (χ1n) is 3.05. The molecule has 1 rings (SSSR count). The van der Waals surface area contributed by atoms with Gasteiger partial charge < -0.3 is 16.6 Å². The van der Waals surface area contributed by atoms with E-state index < -0.39 is 17.7 Å². The van der Waals surface area contributed by atoms with E-state index in [-0.39, 0.29) is 11.5 Å². The molecule has 5 N–H and O–H groups in total. The predicted octanol–water partition coefficient (Wildman–Crippen LogP) is 0.889. The number of pyridine rings is 1. The van der Waals surface area contributed by atoms with Crippen LogP contribution in [-0.2, 0) is 0 Å². The molecule has 0 radical (unpaired) electrons. The summed E-state index contributed by atoms with van der Waals surface area (Å²) in [7, 11) is 0. The third-order valence-electron chi connectivity index (χ3n) is 1.37. The Labute approximate surface area is 66.8 Å². The van der Waals surface area contributed by atoms with Gasteiger partial charge in [-0.15, -0.1) is 0 Å². The summed E-state index contributed by atoms with van der Waals surface area (Å²) in [5.41, 5.74) is 9.28. The number of aromatic hydroxyl groups is 1. The van der Waals surface area contributed by atoms with E-state index >= 15 is 0 Å². The molecule has 1 aromatic heterocycles. The molecule has 0 aromatic carbocycles. The van der Waals surface area contributed by atoms with Gasteiger partial charge in [0.05, 0.1) is 17.4 Å². The number of alkyl halides is 2. The molecule has 0 aliphatic carbocycles. The van der Waals surface area contributed by atoms with Crippen molar-refractivity contribution in [1.82, 2.24) is 4.98 Å². The number of nitrogens with zero attached hydrogens (tertiary/aromatic N) is 1. The Hall–Kier alpha value is -1.59. The van der Waals surface area contributed by atoms with Gasteiger partial charge in [0, 0.05) is 0 Å². The highest BCUT2D eigenvalue weighted by Crippen LogP contribution is 2.35. The Morgan fingerprint density at radius 1 is 1.42 bits per heavy atom. The smallest absolute Gasteiger partial charge is 0.269 e. The van der Waals surface area contributed by atoms with Gasteiger partial charge in [-0.25, -0.2) is 13.8 Å². The molecular formula is C6H7F2N3O. The third kappa shape index (κ3) is 1.23. The minimum absolute atomic E-state index is 0.267. The minimum atomic E-state index is -2.85. The standard InChI is InChI=1S/C6H7F2N3O/c7-5(8)3-2(9)1-11-6(10)4(3)12/h1,5,12H,9H2,(H2,10,11). The lowest BCUT2D eigenvalue weighted by Gasteiger charge is -2.07. The second-order valence-corrected chi connectivity index (χ2v) is 2.16. The molecule has 4 nitrogen and oxygen atoms in total. The van der Waals surface area contributed by atoms with Crippen LogP contribution in [0.5, 0.6) is 5.75 Å². The number of hydrogen-bond donors (Lipinski definition) is 3. The van der Waals surface area contributed by atoms with Crippen molar-refractivity contribution in [2.75, 3.05) is 11.5 Å². The largest absolute Gasteiger partial charge is 0.504 e. The van der Waals surface area contributed by atoms with Crippen LogP contribution >= 0.6 is 0 Å². The van der Waals surface area contributed by atoms with Gasteiger partial charge in [0.1, 0.15) is 0 Å². The van der Waals surface area contributed by atoms with Crippen molar-refractivity contribution in [2.24, 2.45) is 0 Å². The second kappa shape index (κ2) is 2.80. The fourth-order valence-corrected chi connectivity index (χ4v) is 0.774. The van der Waals surface area contributed by atoms with Crippen molar-refractivity contribution in [3.05, 3.63) is 11.8 Å². The Bertz CT molecular complexity index is 303. The molecule has 1 heterocycles. The van der Waals surface area contributed by atoms with Crippen LogP contribution in [0.2, 0.25) is 0 Å². The fraction of sp³-hybridized carbons (Fsp3) is 0.167. The molecule has 0 bridgehead atoms. The van der Waals surface area contributed by atoms with Crippen LogP contribution < -0.4 is 11.5 Å². The monoisotopic (exact) mass is 175 g/mol. The highest BCUT2D eigenvalue weighted by molar-refractivity contribution is 5.61. The molecule has 6 heteroatoms. The number of nitrogen functional groups attached to an aromatic ring is 2. The van der Waals surface area contributed by atoms with E-state index in [2.05, 4.69) is 4.98 Å². The van der Waals surface area contributed by atoms with Crippen LogP contribution in [0, 0.1) is 0 Å². The average molecular weight is 175 g/mol. The Balaban J connectivity index is 3.33. The summed E-state index contributed by atoms with van der Waals surface area (Å²) in [6.45, 7) is 0. The van der Waals surface area contributed by atoms with Crippen LogP contribution in [-0.4, -0.2) is 10.1 Å². The van der Waals surface area contributed by atoms with Crippen molar-refractivity contribution in [3.8, 4) is 5.75 Å². The third-order valence-corrected chi connectivity index (χ3v) is 1.37. The van der Waals surface area contributed by atoms with Crippen LogP contribution in [0.15, 0.2) is 6.20 Å². The summed E-state index contributed by atoms with van der Waals surface area (Å²) in [5.74, 6) is -1.09. The van der Waals surface area contributed by atoms with Gasteiger partial charge >= 0.3 is 0 Å². The molecule has 0 atom stereocenters. The first-order valence-corrected chi connectivity index (χ1v) is 3.05. The van der Waals surface area contributed by atoms with E-state index in [0.717, 1.165) is 6.20 Å². The van der Waals surface area contributed by atoms with Crippen LogP contribution in [0.25, 0.3) is 0 Å². The number of rotatable bonds is 1. The molecule has 0 amide bonds. The van der Waals surface area contributed by atoms with Crippen molar-refractivity contribution < 1.29 is 13.9 Å². The zero-order valence-electron chi connectivity index (χ0n) is 5.96. The lowest BCUT2D eigenvalue weighted by Crippen LogP contribution is -2.00. The van der Waals surface area contributed by atoms with Gasteiger partial charge in [0.15, 0.2) is 11.6 Å². The van der Waals surface area contributed by atoms with Crippen LogP contribution in [0.3, 0.4) is 0 Å². The SMILES string of the molecule is Nc1cnc(N)c(O)c1C(F)F. The molecule has 0 unspecified atom stereocenters. The van der Waals surface area contributed by atoms with Crippen LogP contribution in [0.4, 0.5) is 20.3 Å². The molecule has 0 aliphatic heterocycles. The first kappa shape index (κ1) is 8.51. The lowest BCUT2D eigenvalue weighted by atomic mass is 10.2. The van der Waals surface area contributed by atoms with Gasteiger partial charge in [0.2, 0.25) is 0 Å². The molecule has 66 valence electrons. The lowest BCUT2D eigenvalue weighted by molar-refractivity contribution is 0.148. The van der Waals surface area contributed by atoms with Crippen molar-refractivity contribution >= 4 is 11.5 Å². The topological polar surface area (TPSA) is 85.2 Å². The summed E-state index contributed by atoms with van der Waals surface area (Å²) in [6, 6.07) is 0. The van der Waals surface area contributed by atoms with E-state index in [1.807, 2.05) is 0 Å². The summed E-state index contributed by atoms with van der Waals surface area (Å²) < 4.78 is 24.3. The number of halogens is 2.